The van der Waals surface area contributed by atoms with E-state index in [0.29, 0.717) is 18.3 Å². The first kappa shape index (κ1) is 15.6. The molecule has 3 aromatic heterocycles. The summed E-state index contributed by atoms with van der Waals surface area (Å²) in [5.74, 6) is 0.428. The zero-order valence-electron chi connectivity index (χ0n) is 14.2. The fraction of sp³-hybridized carbons (Fsp3) is 0.412. The Balaban J connectivity index is 1.37. The van der Waals surface area contributed by atoms with Crippen molar-refractivity contribution in [3.8, 4) is 0 Å². The van der Waals surface area contributed by atoms with Gasteiger partial charge in [0, 0.05) is 50.2 Å². The molecule has 26 heavy (non-hydrogen) atoms. The molecular formula is C17H17F2N7. The van der Waals surface area contributed by atoms with Gasteiger partial charge in [-0.15, -0.1) is 10.2 Å². The molecule has 2 aliphatic heterocycles. The Bertz CT molecular complexity index is 988. The third-order valence-corrected chi connectivity index (χ3v) is 5.34. The fourth-order valence-corrected chi connectivity index (χ4v) is 4.09. The van der Waals surface area contributed by atoms with Crippen molar-refractivity contribution in [3.63, 3.8) is 0 Å². The van der Waals surface area contributed by atoms with Crippen LogP contribution in [0.3, 0.4) is 0 Å². The number of rotatable bonds is 3. The predicted octanol–water partition coefficient (Wildman–Crippen LogP) is 1.57. The van der Waals surface area contributed by atoms with E-state index in [1.165, 1.54) is 0 Å². The monoisotopic (exact) mass is 357 g/mol. The Morgan fingerprint density at radius 3 is 2.81 bits per heavy atom. The molecule has 0 spiro atoms. The Morgan fingerprint density at radius 2 is 2.04 bits per heavy atom. The quantitative estimate of drug-likeness (QED) is 0.709. The molecule has 2 unspecified atom stereocenters. The highest BCUT2D eigenvalue weighted by atomic mass is 19.1. The molecule has 5 heterocycles. The predicted molar refractivity (Wildman–Crippen MR) is 89.6 cm³/mol. The molecule has 0 saturated carbocycles. The van der Waals surface area contributed by atoms with Gasteiger partial charge in [0.25, 0.3) is 0 Å². The number of piperazine rings is 1. The van der Waals surface area contributed by atoms with Crippen molar-refractivity contribution in [1.29, 1.82) is 0 Å². The minimum Gasteiger partial charge on any atom is -0.348 e. The smallest absolute Gasteiger partial charge is 0.203 e. The lowest BCUT2D eigenvalue weighted by atomic mass is 10.2. The number of halogens is 2. The molecule has 5 rings (SSSR count). The number of likely N-dealkylation sites (tertiary alicyclic amines) is 1. The van der Waals surface area contributed by atoms with Crippen LogP contribution in [0.4, 0.5) is 14.6 Å². The lowest BCUT2D eigenvalue weighted by Crippen LogP contribution is -2.46. The second-order valence-electron chi connectivity index (χ2n) is 6.90. The van der Waals surface area contributed by atoms with Crippen LogP contribution in [0, 0.1) is 18.6 Å². The van der Waals surface area contributed by atoms with E-state index in [1.54, 1.807) is 6.20 Å². The Kier molecular flexibility index (Phi) is 3.39. The van der Waals surface area contributed by atoms with Crippen LogP contribution in [0.1, 0.15) is 17.9 Å². The summed E-state index contributed by atoms with van der Waals surface area (Å²) >= 11 is 0. The average molecular weight is 357 g/mol. The van der Waals surface area contributed by atoms with Crippen molar-refractivity contribution in [1.82, 2.24) is 29.5 Å². The van der Waals surface area contributed by atoms with Crippen molar-refractivity contribution >= 4 is 11.5 Å². The molecule has 2 aliphatic rings. The van der Waals surface area contributed by atoms with E-state index in [2.05, 4.69) is 30.0 Å². The first-order valence-electron chi connectivity index (χ1n) is 8.57. The zero-order chi connectivity index (χ0) is 17.8. The molecular weight excluding hydrogens is 340 g/mol. The summed E-state index contributed by atoms with van der Waals surface area (Å²) in [5.41, 5.74) is 1.05. The van der Waals surface area contributed by atoms with E-state index in [4.69, 9.17) is 0 Å². The number of pyridine rings is 1. The third-order valence-electron chi connectivity index (χ3n) is 5.34. The SMILES string of the molecule is Cc1nnc2c(N3CC4CC3CN4Cc3ncc(F)cc3F)nccn12. The molecule has 2 bridgehead atoms. The van der Waals surface area contributed by atoms with Gasteiger partial charge < -0.3 is 4.90 Å². The summed E-state index contributed by atoms with van der Waals surface area (Å²) < 4.78 is 28.9. The Labute approximate surface area is 148 Å². The van der Waals surface area contributed by atoms with Crippen LogP contribution in [-0.4, -0.2) is 54.6 Å². The van der Waals surface area contributed by atoms with Gasteiger partial charge in [0.05, 0.1) is 11.9 Å². The van der Waals surface area contributed by atoms with Crippen LogP contribution in [-0.2, 0) is 6.54 Å². The van der Waals surface area contributed by atoms with Crippen LogP contribution in [0.5, 0.6) is 0 Å². The molecule has 2 atom stereocenters. The summed E-state index contributed by atoms with van der Waals surface area (Å²) in [6.07, 6.45) is 5.67. The van der Waals surface area contributed by atoms with E-state index < -0.39 is 11.6 Å². The van der Waals surface area contributed by atoms with E-state index in [-0.39, 0.29) is 6.04 Å². The highest BCUT2D eigenvalue weighted by Gasteiger charge is 2.44. The summed E-state index contributed by atoms with van der Waals surface area (Å²) in [7, 11) is 0. The van der Waals surface area contributed by atoms with Crippen molar-refractivity contribution < 1.29 is 8.78 Å². The molecule has 9 heteroatoms. The first-order chi connectivity index (χ1) is 12.6. The van der Waals surface area contributed by atoms with Crippen LogP contribution in [0.2, 0.25) is 0 Å². The van der Waals surface area contributed by atoms with Gasteiger partial charge in [-0.1, -0.05) is 0 Å². The van der Waals surface area contributed by atoms with E-state index in [0.717, 1.165) is 49.1 Å². The van der Waals surface area contributed by atoms with E-state index in [1.807, 2.05) is 17.5 Å². The second kappa shape index (κ2) is 5.66. The minimum atomic E-state index is -0.650. The van der Waals surface area contributed by atoms with Gasteiger partial charge in [-0.05, 0) is 13.3 Å². The number of hydrogen-bond acceptors (Lipinski definition) is 6. The normalized spacial score (nSPS) is 22.7. The average Bonchev–Trinajstić information content (AvgIpc) is 3.32. The van der Waals surface area contributed by atoms with Gasteiger partial charge in [-0.25, -0.2) is 13.8 Å². The molecule has 3 aromatic rings. The van der Waals surface area contributed by atoms with Gasteiger partial charge in [-0.2, -0.15) is 0 Å². The highest BCUT2D eigenvalue weighted by molar-refractivity contribution is 5.65. The zero-order valence-corrected chi connectivity index (χ0v) is 14.2. The van der Waals surface area contributed by atoms with Crippen molar-refractivity contribution in [2.75, 3.05) is 18.0 Å². The highest BCUT2D eigenvalue weighted by Crippen LogP contribution is 2.35. The number of aromatic nitrogens is 5. The molecule has 0 N–H and O–H groups in total. The molecule has 7 nitrogen and oxygen atoms in total. The van der Waals surface area contributed by atoms with E-state index >= 15 is 0 Å². The number of fused-ring (bicyclic) bond motifs is 3. The Morgan fingerprint density at radius 1 is 1.15 bits per heavy atom. The molecule has 0 aliphatic carbocycles. The van der Waals surface area contributed by atoms with Crippen LogP contribution in [0.15, 0.2) is 24.7 Å². The Hall–Kier alpha value is -2.68. The maximum atomic E-state index is 13.9. The molecule has 0 radical (unpaired) electrons. The van der Waals surface area contributed by atoms with Crippen LogP contribution in [0.25, 0.3) is 5.65 Å². The summed E-state index contributed by atoms with van der Waals surface area (Å²) in [4.78, 5) is 12.9. The van der Waals surface area contributed by atoms with E-state index in [9.17, 15) is 8.78 Å². The van der Waals surface area contributed by atoms with Gasteiger partial charge in [0.1, 0.15) is 17.5 Å². The topological polar surface area (TPSA) is 62.5 Å². The van der Waals surface area contributed by atoms with Crippen molar-refractivity contribution in [2.45, 2.75) is 32.0 Å². The van der Waals surface area contributed by atoms with Gasteiger partial charge in [0.2, 0.25) is 5.65 Å². The third kappa shape index (κ3) is 2.34. The van der Waals surface area contributed by atoms with Gasteiger partial charge in [-0.3, -0.25) is 14.3 Å². The maximum Gasteiger partial charge on any atom is 0.203 e. The van der Waals surface area contributed by atoms with Crippen LogP contribution >= 0.6 is 0 Å². The standard InChI is InChI=1S/C17H17F2N7/c1-10-22-23-17-16(20-2-3-25(10)17)26-8-12-5-13(26)7-24(12)9-15-14(19)4-11(18)6-21-15/h2-4,6,12-13H,5,7-9H2,1H3. The largest absolute Gasteiger partial charge is 0.348 e. The maximum absolute atomic E-state index is 13.9. The van der Waals surface area contributed by atoms with Gasteiger partial charge >= 0.3 is 0 Å². The molecule has 0 amide bonds. The number of hydrogen-bond donors (Lipinski definition) is 0. The lowest BCUT2D eigenvalue weighted by Gasteiger charge is -2.34. The number of aryl methyl sites for hydroxylation is 1. The number of anilines is 1. The van der Waals surface area contributed by atoms with Gasteiger partial charge in [0.15, 0.2) is 5.82 Å². The molecule has 134 valence electrons. The molecule has 2 saturated heterocycles. The molecule has 2 fully saturated rings. The van der Waals surface area contributed by atoms with Crippen LogP contribution < -0.4 is 4.90 Å². The fourth-order valence-electron chi connectivity index (χ4n) is 4.09. The minimum absolute atomic E-state index is 0.289. The molecule has 0 aromatic carbocycles. The van der Waals surface area contributed by atoms with Crippen molar-refractivity contribution in [2.24, 2.45) is 0 Å². The lowest BCUT2D eigenvalue weighted by molar-refractivity contribution is 0.224. The van der Waals surface area contributed by atoms with Crippen molar-refractivity contribution in [3.05, 3.63) is 47.8 Å². The second-order valence-corrected chi connectivity index (χ2v) is 6.90. The first-order valence-corrected chi connectivity index (χ1v) is 8.57. The summed E-state index contributed by atoms with van der Waals surface area (Å²) in [5, 5.41) is 8.39. The number of nitrogens with zero attached hydrogens (tertiary/aromatic N) is 7. The summed E-state index contributed by atoms with van der Waals surface area (Å²) in [6.45, 7) is 3.89. The summed E-state index contributed by atoms with van der Waals surface area (Å²) in [6, 6.07) is 1.47.